The van der Waals surface area contributed by atoms with Crippen LogP contribution < -0.4 is 0 Å². The van der Waals surface area contributed by atoms with Crippen molar-refractivity contribution < 1.29 is 14.3 Å². The van der Waals surface area contributed by atoms with E-state index in [-0.39, 0.29) is 18.0 Å². The second kappa shape index (κ2) is 6.23. The van der Waals surface area contributed by atoms with Gasteiger partial charge >= 0.3 is 6.09 Å². The van der Waals surface area contributed by atoms with Crippen molar-refractivity contribution in [3.05, 3.63) is 21.3 Å². The van der Waals surface area contributed by atoms with Gasteiger partial charge in [0, 0.05) is 25.7 Å². The SMILES string of the molecule is O=C(c1sccc1Cl)N1CCC(N2CCCOC2=O)CC1. The molecule has 2 amide bonds. The van der Waals surface area contributed by atoms with Crippen LogP contribution in [0.2, 0.25) is 5.02 Å². The van der Waals surface area contributed by atoms with Gasteiger partial charge in [-0.25, -0.2) is 4.79 Å². The summed E-state index contributed by atoms with van der Waals surface area (Å²) >= 11 is 7.39. The minimum atomic E-state index is -0.215. The first kappa shape index (κ1) is 14.7. The molecule has 0 saturated carbocycles. The fourth-order valence-corrected chi connectivity index (χ4v) is 3.97. The summed E-state index contributed by atoms with van der Waals surface area (Å²) in [6.07, 6.45) is 2.26. The van der Waals surface area contributed by atoms with Gasteiger partial charge in [0.15, 0.2) is 0 Å². The highest BCUT2D eigenvalue weighted by atomic mass is 35.5. The van der Waals surface area contributed by atoms with Crippen molar-refractivity contribution in [2.45, 2.75) is 25.3 Å². The lowest BCUT2D eigenvalue weighted by Gasteiger charge is -2.39. The maximum absolute atomic E-state index is 12.4. The summed E-state index contributed by atoms with van der Waals surface area (Å²) in [6.45, 7) is 2.58. The van der Waals surface area contributed by atoms with Gasteiger partial charge in [0.25, 0.3) is 5.91 Å². The van der Waals surface area contributed by atoms with Gasteiger partial charge < -0.3 is 14.5 Å². The molecule has 0 unspecified atom stereocenters. The number of hydrogen-bond acceptors (Lipinski definition) is 4. The molecule has 114 valence electrons. The lowest BCUT2D eigenvalue weighted by atomic mass is 10.0. The lowest BCUT2D eigenvalue weighted by molar-refractivity contribution is 0.0358. The predicted octanol–water partition coefficient (Wildman–Crippen LogP) is 2.85. The van der Waals surface area contributed by atoms with Gasteiger partial charge in [-0.3, -0.25) is 4.79 Å². The quantitative estimate of drug-likeness (QED) is 0.838. The van der Waals surface area contributed by atoms with E-state index in [9.17, 15) is 9.59 Å². The highest BCUT2D eigenvalue weighted by Crippen LogP contribution is 2.26. The minimum Gasteiger partial charge on any atom is -0.449 e. The Kier molecular flexibility index (Phi) is 4.35. The molecule has 1 aromatic heterocycles. The van der Waals surface area contributed by atoms with E-state index in [0.717, 1.165) is 25.8 Å². The van der Waals surface area contributed by atoms with Gasteiger partial charge in [0.1, 0.15) is 4.88 Å². The molecule has 2 aliphatic heterocycles. The van der Waals surface area contributed by atoms with Crippen LogP contribution in [0.25, 0.3) is 0 Å². The van der Waals surface area contributed by atoms with Gasteiger partial charge in [-0.2, -0.15) is 0 Å². The number of ether oxygens (including phenoxy) is 1. The van der Waals surface area contributed by atoms with Gasteiger partial charge in [-0.1, -0.05) is 11.6 Å². The summed E-state index contributed by atoms with van der Waals surface area (Å²) in [5, 5.41) is 2.35. The van der Waals surface area contributed by atoms with Crippen molar-refractivity contribution >= 4 is 34.9 Å². The summed E-state index contributed by atoms with van der Waals surface area (Å²) in [4.78, 5) is 28.4. The third kappa shape index (κ3) is 3.01. The van der Waals surface area contributed by atoms with Crippen molar-refractivity contribution in [1.29, 1.82) is 0 Å². The number of likely N-dealkylation sites (tertiary alicyclic amines) is 1. The molecule has 3 rings (SSSR count). The van der Waals surface area contributed by atoms with Crippen molar-refractivity contribution in [1.82, 2.24) is 9.80 Å². The summed E-state index contributed by atoms with van der Waals surface area (Å²) in [5.74, 6) is -0.00493. The minimum absolute atomic E-state index is 0.00493. The van der Waals surface area contributed by atoms with Crippen LogP contribution in [0.1, 0.15) is 28.9 Å². The van der Waals surface area contributed by atoms with E-state index in [0.29, 0.717) is 29.6 Å². The normalized spacial score (nSPS) is 20.5. The van der Waals surface area contributed by atoms with Crippen LogP contribution in [0, 0.1) is 0 Å². The molecule has 2 fully saturated rings. The van der Waals surface area contributed by atoms with Crippen LogP contribution in [-0.4, -0.2) is 54.1 Å². The third-order valence-corrected chi connectivity index (χ3v) is 5.34. The molecule has 0 atom stereocenters. The number of halogens is 1. The fraction of sp³-hybridized carbons (Fsp3) is 0.571. The largest absolute Gasteiger partial charge is 0.449 e. The molecule has 0 spiro atoms. The third-order valence-electron chi connectivity index (χ3n) is 4.01. The molecule has 0 aromatic carbocycles. The Labute approximate surface area is 132 Å². The second-order valence-electron chi connectivity index (χ2n) is 5.28. The standard InChI is InChI=1S/C14H17ClN2O3S/c15-11-4-9-21-12(11)13(18)16-6-2-10(3-7-16)17-5-1-8-20-14(17)19/h4,9-10H,1-3,5-8H2. The van der Waals surface area contributed by atoms with E-state index in [4.69, 9.17) is 16.3 Å². The number of amides is 2. The Morgan fingerprint density at radius 1 is 1.33 bits per heavy atom. The molecule has 2 saturated heterocycles. The van der Waals surface area contributed by atoms with Crippen molar-refractivity contribution in [2.75, 3.05) is 26.2 Å². The highest BCUT2D eigenvalue weighted by Gasteiger charge is 2.32. The van der Waals surface area contributed by atoms with Gasteiger partial charge in [-0.15, -0.1) is 11.3 Å². The molecule has 5 nitrogen and oxygen atoms in total. The van der Waals surface area contributed by atoms with Crippen LogP contribution in [0.5, 0.6) is 0 Å². The summed E-state index contributed by atoms with van der Waals surface area (Å²) in [6, 6.07) is 1.93. The molecule has 0 radical (unpaired) electrons. The van der Waals surface area contributed by atoms with Crippen molar-refractivity contribution in [3.63, 3.8) is 0 Å². The number of hydrogen-bond donors (Lipinski definition) is 0. The Bertz CT molecular complexity index is 540. The Morgan fingerprint density at radius 2 is 2.10 bits per heavy atom. The van der Waals surface area contributed by atoms with E-state index in [1.165, 1.54) is 11.3 Å². The average molecular weight is 329 g/mol. The Morgan fingerprint density at radius 3 is 2.71 bits per heavy atom. The van der Waals surface area contributed by atoms with E-state index >= 15 is 0 Å². The molecular weight excluding hydrogens is 312 g/mol. The number of nitrogens with zero attached hydrogens (tertiary/aromatic N) is 2. The zero-order valence-electron chi connectivity index (χ0n) is 11.6. The fourth-order valence-electron chi connectivity index (χ4n) is 2.87. The van der Waals surface area contributed by atoms with E-state index < -0.39 is 0 Å². The molecule has 21 heavy (non-hydrogen) atoms. The number of piperidine rings is 1. The first-order chi connectivity index (χ1) is 10.2. The maximum Gasteiger partial charge on any atom is 0.410 e. The number of rotatable bonds is 2. The first-order valence-corrected chi connectivity index (χ1v) is 8.38. The van der Waals surface area contributed by atoms with Crippen LogP contribution in [0.3, 0.4) is 0 Å². The average Bonchev–Trinajstić information content (AvgIpc) is 2.93. The molecule has 3 heterocycles. The molecule has 7 heteroatoms. The van der Waals surface area contributed by atoms with Gasteiger partial charge in [-0.05, 0) is 30.7 Å². The molecule has 0 aliphatic carbocycles. The second-order valence-corrected chi connectivity index (χ2v) is 6.61. The summed E-state index contributed by atoms with van der Waals surface area (Å²) in [7, 11) is 0. The summed E-state index contributed by atoms with van der Waals surface area (Å²) < 4.78 is 5.08. The maximum atomic E-state index is 12.4. The molecule has 0 N–H and O–H groups in total. The predicted molar refractivity (Wildman–Crippen MR) is 80.9 cm³/mol. The van der Waals surface area contributed by atoms with E-state index in [1.807, 2.05) is 15.2 Å². The number of carbonyl (C=O) groups is 2. The lowest BCUT2D eigenvalue weighted by Crippen LogP contribution is -2.50. The van der Waals surface area contributed by atoms with Crippen molar-refractivity contribution in [2.24, 2.45) is 0 Å². The zero-order chi connectivity index (χ0) is 14.8. The van der Waals surface area contributed by atoms with E-state index in [1.54, 1.807) is 6.07 Å². The van der Waals surface area contributed by atoms with Crippen LogP contribution in [0.15, 0.2) is 11.4 Å². The Hall–Kier alpha value is -1.27. The highest BCUT2D eigenvalue weighted by molar-refractivity contribution is 7.12. The summed E-state index contributed by atoms with van der Waals surface area (Å²) in [5.41, 5.74) is 0. The Balaban J connectivity index is 1.59. The number of thiophene rings is 1. The zero-order valence-corrected chi connectivity index (χ0v) is 13.2. The van der Waals surface area contributed by atoms with Crippen LogP contribution in [-0.2, 0) is 4.74 Å². The van der Waals surface area contributed by atoms with Crippen molar-refractivity contribution in [3.8, 4) is 0 Å². The topological polar surface area (TPSA) is 49.9 Å². The van der Waals surface area contributed by atoms with Crippen LogP contribution >= 0.6 is 22.9 Å². The number of cyclic esters (lactones) is 1. The van der Waals surface area contributed by atoms with Gasteiger partial charge in [0.2, 0.25) is 0 Å². The van der Waals surface area contributed by atoms with E-state index in [2.05, 4.69) is 0 Å². The first-order valence-electron chi connectivity index (χ1n) is 7.12. The smallest absolute Gasteiger partial charge is 0.410 e. The number of carbonyl (C=O) groups excluding carboxylic acids is 2. The molecule has 0 bridgehead atoms. The molecular formula is C14H17ClN2O3S. The monoisotopic (exact) mass is 328 g/mol. The van der Waals surface area contributed by atoms with Gasteiger partial charge in [0.05, 0.1) is 11.6 Å². The molecule has 1 aromatic rings. The molecule has 2 aliphatic rings. The van der Waals surface area contributed by atoms with Crippen LogP contribution in [0.4, 0.5) is 4.79 Å².